The van der Waals surface area contributed by atoms with Crippen molar-refractivity contribution in [2.45, 2.75) is 22.8 Å². The lowest BCUT2D eigenvalue weighted by Gasteiger charge is -2.30. The molecule has 1 atom stereocenters. The largest absolute Gasteiger partial charge is 0.312 e. The third-order valence-electron chi connectivity index (χ3n) is 3.29. The van der Waals surface area contributed by atoms with Gasteiger partial charge in [0.25, 0.3) is 9.70 Å². The maximum absolute atomic E-state index is 12.2. The molecule has 1 amide bonds. The molecule has 2 N–H and O–H groups in total. The van der Waals surface area contributed by atoms with Crippen molar-refractivity contribution in [1.29, 1.82) is 0 Å². The van der Waals surface area contributed by atoms with Crippen LogP contribution in [0.15, 0.2) is 30.3 Å². The fourth-order valence-corrected chi connectivity index (χ4v) is 2.96. The van der Waals surface area contributed by atoms with Crippen molar-refractivity contribution >= 4 is 40.7 Å². The number of carbonyl (C=O) groups is 1. The van der Waals surface area contributed by atoms with Crippen molar-refractivity contribution in [1.82, 2.24) is 5.32 Å². The van der Waals surface area contributed by atoms with E-state index in [0.29, 0.717) is 5.56 Å². The Balaban J connectivity index is 2.10. The Kier molecular flexibility index (Phi) is 4.96. The van der Waals surface area contributed by atoms with Crippen LogP contribution >= 0.6 is 34.8 Å². The first kappa shape index (κ1) is 14.9. The van der Waals surface area contributed by atoms with Gasteiger partial charge < -0.3 is 4.90 Å². The van der Waals surface area contributed by atoms with Crippen molar-refractivity contribution in [2.75, 3.05) is 13.1 Å². The zero-order valence-corrected chi connectivity index (χ0v) is 12.6. The van der Waals surface area contributed by atoms with Crippen LogP contribution in [0, 0.1) is 0 Å². The third kappa shape index (κ3) is 3.99. The van der Waals surface area contributed by atoms with Crippen LogP contribution < -0.4 is 10.2 Å². The van der Waals surface area contributed by atoms with Crippen molar-refractivity contribution in [3.05, 3.63) is 35.9 Å². The number of benzene rings is 1. The van der Waals surface area contributed by atoms with Crippen LogP contribution in [0.4, 0.5) is 0 Å². The molecule has 19 heavy (non-hydrogen) atoms. The van der Waals surface area contributed by atoms with E-state index >= 15 is 0 Å². The van der Waals surface area contributed by atoms with Gasteiger partial charge >= 0.3 is 0 Å². The highest BCUT2D eigenvalue weighted by molar-refractivity contribution is 6.68. The number of halogens is 3. The predicted molar refractivity (Wildman–Crippen MR) is 77.9 cm³/mol. The zero-order valence-electron chi connectivity index (χ0n) is 10.3. The summed E-state index contributed by atoms with van der Waals surface area (Å²) in [7, 11) is 0. The van der Waals surface area contributed by atoms with E-state index in [0.717, 1.165) is 30.8 Å². The minimum absolute atomic E-state index is 0.212. The summed E-state index contributed by atoms with van der Waals surface area (Å²) in [4.78, 5) is 13.3. The number of quaternary nitrogens is 1. The first-order valence-electron chi connectivity index (χ1n) is 6.25. The average Bonchev–Trinajstić information content (AvgIpc) is 2.88. The van der Waals surface area contributed by atoms with E-state index < -0.39 is 9.96 Å². The van der Waals surface area contributed by atoms with Crippen LogP contribution in [-0.4, -0.2) is 29.0 Å². The normalized spacial score (nSPS) is 18.3. The molecule has 0 bridgehead atoms. The number of alkyl halides is 3. The molecular formula is C13H16Cl3N2O+. The van der Waals surface area contributed by atoms with Gasteiger partial charge in [0.05, 0.1) is 13.1 Å². The highest BCUT2D eigenvalue weighted by Crippen LogP contribution is 2.28. The minimum atomic E-state index is -1.51. The molecule has 1 aromatic carbocycles. The molecule has 3 nitrogen and oxygen atoms in total. The summed E-state index contributed by atoms with van der Waals surface area (Å²) in [6.45, 7) is 1.82. The van der Waals surface area contributed by atoms with Crippen molar-refractivity contribution in [3.63, 3.8) is 0 Å². The molecule has 104 valence electrons. The van der Waals surface area contributed by atoms with E-state index in [1.165, 1.54) is 0 Å². The summed E-state index contributed by atoms with van der Waals surface area (Å²) in [5.41, 5.74) is 0.570. The lowest BCUT2D eigenvalue weighted by atomic mass is 10.2. The topological polar surface area (TPSA) is 33.5 Å². The van der Waals surface area contributed by atoms with Crippen LogP contribution in [0.3, 0.4) is 0 Å². The second-order valence-electron chi connectivity index (χ2n) is 4.68. The van der Waals surface area contributed by atoms with E-state index in [1.807, 2.05) is 18.2 Å². The van der Waals surface area contributed by atoms with E-state index in [2.05, 4.69) is 5.32 Å². The van der Waals surface area contributed by atoms with E-state index in [9.17, 15) is 4.79 Å². The molecule has 0 saturated carbocycles. The lowest BCUT2D eigenvalue weighted by Crippen LogP contribution is -3.17. The molecule has 1 saturated heterocycles. The maximum atomic E-state index is 12.2. The van der Waals surface area contributed by atoms with Gasteiger partial charge in [-0.25, -0.2) is 0 Å². The fourth-order valence-electron chi connectivity index (χ4n) is 2.34. The van der Waals surface area contributed by atoms with Crippen LogP contribution in [0.1, 0.15) is 23.2 Å². The van der Waals surface area contributed by atoms with Crippen LogP contribution in [0.2, 0.25) is 0 Å². The molecule has 6 heteroatoms. The first-order valence-corrected chi connectivity index (χ1v) is 7.39. The van der Waals surface area contributed by atoms with Gasteiger partial charge in [0.1, 0.15) is 0 Å². The number of likely N-dealkylation sites (tertiary alicyclic amines) is 1. The van der Waals surface area contributed by atoms with E-state index in [1.54, 1.807) is 12.1 Å². The Labute approximate surface area is 127 Å². The molecule has 1 fully saturated rings. The van der Waals surface area contributed by atoms with Gasteiger partial charge in [0, 0.05) is 18.4 Å². The molecule has 2 rings (SSSR count). The molecule has 0 aromatic heterocycles. The van der Waals surface area contributed by atoms with Crippen molar-refractivity contribution < 1.29 is 9.69 Å². The smallest absolute Gasteiger partial charge is 0.262 e. The Morgan fingerprint density at radius 1 is 1.16 bits per heavy atom. The Morgan fingerprint density at radius 3 is 2.26 bits per heavy atom. The van der Waals surface area contributed by atoms with Gasteiger partial charge in [-0.15, -0.1) is 0 Å². The molecule has 0 radical (unpaired) electrons. The first-order chi connectivity index (χ1) is 8.98. The molecule has 0 spiro atoms. The van der Waals surface area contributed by atoms with Crippen LogP contribution in [-0.2, 0) is 0 Å². The van der Waals surface area contributed by atoms with Gasteiger partial charge in [-0.2, -0.15) is 0 Å². The summed E-state index contributed by atoms with van der Waals surface area (Å²) in [5.74, 6) is -0.212. The summed E-state index contributed by atoms with van der Waals surface area (Å²) in [6.07, 6.45) is 1.66. The second kappa shape index (κ2) is 6.31. The number of rotatable bonds is 3. The van der Waals surface area contributed by atoms with Gasteiger partial charge in [0.2, 0.25) is 6.17 Å². The third-order valence-corrected chi connectivity index (χ3v) is 3.95. The Bertz CT molecular complexity index is 427. The monoisotopic (exact) mass is 321 g/mol. The Hall–Kier alpha value is -0.480. The number of carbonyl (C=O) groups excluding carboxylic acids is 1. The van der Waals surface area contributed by atoms with Gasteiger partial charge in [-0.05, 0) is 12.1 Å². The van der Waals surface area contributed by atoms with Crippen LogP contribution in [0.5, 0.6) is 0 Å². The molecule has 0 unspecified atom stereocenters. The fraction of sp³-hybridized carbons (Fsp3) is 0.462. The standard InChI is InChI=1S/C13H15Cl3N2O/c14-13(15,16)12(18-8-4-5-9-18)17-11(19)10-6-2-1-3-7-10/h1-3,6-7,12H,4-5,8-9H2,(H,17,19)/p+1/t12-/m0/s1. The predicted octanol–water partition coefficient (Wildman–Crippen LogP) is 1.79. The molecular weight excluding hydrogens is 307 g/mol. The highest BCUT2D eigenvalue weighted by Gasteiger charge is 2.43. The number of hydrogen-bond donors (Lipinski definition) is 2. The van der Waals surface area contributed by atoms with Crippen molar-refractivity contribution in [3.8, 4) is 0 Å². The summed E-state index contributed by atoms with van der Waals surface area (Å²) in [5, 5.41) is 2.84. The van der Waals surface area contributed by atoms with E-state index in [4.69, 9.17) is 34.8 Å². The summed E-state index contributed by atoms with van der Waals surface area (Å²) < 4.78 is -1.51. The number of nitrogens with one attached hydrogen (secondary N) is 2. The van der Waals surface area contributed by atoms with Crippen molar-refractivity contribution in [2.24, 2.45) is 0 Å². The average molecular weight is 323 g/mol. The highest BCUT2D eigenvalue weighted by atomic mass is 35.6. The second-order valence-corrected chi connectivity index (χ2v) is 7.05. The van der Waals surface area contributed by atoms with Gasteiger partial charge in [-0.3, -0.25) is 10.1 Å². The maximum Gasteiger partial charge on any atom is 0.262 e. The summed E-state index contributed by atoms with van der Waals surface area (Å²) in [6, 6.07) is 8.95. The zero-order chi connectivity index (χ0) is 13.9. The van der Waals surface area contributed by atoms with Gasteiger partial charge in [-0.1, -0.05) is 53.0 Å². The van der Waals surface area contributed by atoms with Gasteiger partial charge in [0.15, 0.2) is 0 Å². The molecule has 1 heterocycles. The number of hydrogen-bond acceptors (Lipinski definition) is 1. The Morgan fingerprint density at radius 2 is 1.74 bits per heavy atom. The molecule has 1 aliphatic rings. The molecule has 1 aromatic rings. The lowest BCUT2D eigenvalue weighted by molar-refractivity contribution is -0.915. The van der Waals surface area contributed by atoms with Crippen LogP contribution in [0.25, 0.3) is 0 Å². The molecule has 0 aliphatic carbocycles. The quantitative estimate of drug-likeness (QED) is 0.817. The summed E-state index contributed by atoms with van der Waals surface area (Å²) >= 11 is 18.0. The minimum Gasteiger partial charge on any atom is -0.312 e. The SMILES string of the molecule is O=C(N[C@@H]([NH+]1CCCC1)C(Cl)(Cl)Cl)c1ccccc1. The van der Waals surface area contributed by atoms with E-state index in [-0.39, 0.29) is 5.91 Å². The number of amides is 1. The molecule has 1 aliphatic heterocycles.